The molecule has 0 amide bonds. The molecule has 0 aliphatic heterocycles. The van der Waals surface area contributed by atoms with E-state index in [0.29, 0.717) is 23.6 Å². The van der Waals surface area contributed by atoms with Gasteiger partial charge in [-0.15, -0.1) is 0 Å². The molecule has 1 rings (SSSR count). The second-order valence-electron chi connectivity index (χ2n) is 4.01. The van der Waals surface area contributed by atoms with Crippen LogP contribution in [-0.2, 0) is 0 Å². The molecule has 4 heteroatoms. The third-order valence-electron chi connectivity index (χ3n) is 1.87. The predicted octanol–water partition coefficient (Wildman–Crippen LogP) is 1.91. The third kappa shape index (κ3) is 3.60. The normalized spacial score (nSPS) is 12.9. The van der Waals surface area contributed by atoms with Gasteiger partial charge in [-0.25, -0.2) is 9.97 Å². The van der Waals surface area contributed by atoms with Crippen molar-refractivity contribution in [2.24, 2.45) is 5.92 Å². The SMILES string of the molecule is CC(C)CC(C)Nc1ncc(N)cn1. The van der Waals surface area contributed by atoms with Crippen LogP contribution < -0.4 is 11.1 Å². The second kappa shape index (κ2) is 4.79. The Morgan fingerprint density at radius 1 is 1.29 bits per heavy atom. The van der Waals surface area contributed by atoms with Crippen LogP contribution >= 0.6 is 0 Å². The van der Waals surface area contributed by atoms with Gasteiger partial charge >= 0.3 is 0 Å². The quantitative estimate of drug-likeness (QED) is 0.768. The smallest absolute Gasteiger partial charge is 0.222 e. The van der Waals surface area contributed by atoms with Crippen LogP contribution in [0.4, 0.5) is 11.6 Å². The Hall–Kier alpha value is -1.32. The maximum absolute atomic E-state index is 5.49. The van der Waals surface area contributed by atoms with E-state index >= 15 is 0 Å². The van der Waals surface area contributed by atoms with Crippen molar-refractivity contribution in [1.29, 1.82) is 0 Å². The van der Waals surface area contributed by atoms with Gasteiger partial charge in [0.15, 0.2) is 0 Å². The van der Waals surface area contributed by atoms with Crippen LogP contribution in [0.15, 0.2) is 12.4 Å². The van der Waals surface area contributed by atoms with Crippen molar-refractivity contribution in [2.45, 2.75) is 33.2 Å². The number of nitrogens with two attached hydrogens (primary N) is 1. The maximum Gasteiger partial charge on any atom is 0.222 e. The molecule has 0 aliphatic carbocycles. The third-order valence-corrected chi connectivity index (χ3v) is 1.87. The summed E-state index contributed by atoms with van der Waals surface area (Å²) in [6, 6.07) is 0.388. The Labute approximate surface area is 85.0 Å². The number of anilines is 2. The van der Waals surface area contributed by atoms with E-state index in [1.807, 2.05) is 0 Å². The van der Waals surface area contributed by atoms with E-state index in [0.717, 1.165) is 6.42 Å². The van der Waals surface area contributed by atoms with Gasteiger partial charge in [-0.3, -0.25) is 0 Å². The van der Waals surface area contributed by atoms with Gasteiger partial charge in [0.2, 0.25) is 5.95 Å². The number of nitrogen functional groups attached to an aromatic ring is 1. The van der Waals surface area contributed by atoms with Gasteiger partial charge in [-0.1, -0.05) is 13.8 Å². The average Bonchev–Trinajstić information content (AvgIpc) is 2.07. The lowest BCUT2D eigenvalue weighted by Gasteiger charge is -2.15. The molecule has 0 bridgehead atoms. The zero-order chi connectivity index (χ0) is 10.6. The molecule has 0 spiro atoms. The lowest BCUT2D eigenvalue weighted by Crippen LogP contribution is -2.19. The molecule has 1 atom stereocenters. The molecule has 1 aromatic heterocycles. The zero-order valence-corrected chi connectivity index (χ0v) is 8.99. The van der Waals surface area contributed by atoms with Crippen LogP contribution in [0, 0.1) is 5.92 Å². The van der Waals surface area contributed by atoms with Crippen LogP contribution in [0.2, 0.25) is 0 Å². The van der Waals surface area contributed by atoms with Crippen molar-refractivity contribution in [3.63, 3.8) is 0 Å². The van der Waals surface area contributed by atoms with E-state index in [9.17, 15) is 0 Å². The van der Waals surface area contributed by atoms with E-state index in [2.05, 4.69) is 36.1 Å². The monoisotopic (exact) mass is 194 g/mol. The lowest BCUT2D eigenvalue weighted by atomic mass is 10.1. The Kier molecular flexibility index (Phi) is 3.68. The molecule has 1 unspecified atom stereocenters. The standard InChI is InChI=1S/C10H18N4/c1-7(2)4-8(3)14-10-12-5-9(11)6-13-10/h5-8H,4,11H2,1-3H3,(H,12,13,14). The second-order valence-corrected chi connectivity index (χ2v) is 4.01. The molecule has 14 heavy (non-hydrogen) atoms. The molecule has 0 saturated carbocycles. The summed E-state index contributed by atoms with van der Waals surface area (Å²) in [7, 11) is 0. The first-order valence-corrected chi connectivity index (χ1v) is 4.92. The summed E-state index contributed by atoms with van der Waals surface area (Å²) in [6.07, 6.45) is 4.32. The van der Waals surface area contributed by atoms with E-state index in [1.54, 1.807) is 12.4 Å². The molecule has 1 heterocycles. The summed E-state index contributed by atoms with van der Waals surface area (Å²) in [5.74, 6) is 1.32. The Morgan fingerprint density at radius 3 is 2.36 bits per heavy atom. The molecule has 0 aromatic carbocycles. The summed E-state index contributed by atoms with van der Waals surface area (Å²) in [5, 5.41) is 3.22. The number of aromatic nitrogens is 2. The first-order chi connectivity index (χ1) is 6.58. The van der Waals surface area contributed by atoms with Crippen LogP contribution in [0.1, 0.15) is 27.2 Å². The molecule has 4 nitrogen and oxygen atoms in total. The predicted molar refractivity (Wildman–Crippen MR) is 59.0 cm³/mol. The molecule has 1 aromatic rings. The largest absolute Gasteiger partial charge is 0.396 e. The lowest BCUT2D eigenvalue weighted by molar-refractivity contribution is 0.537. The zero-order valence-electron chi connectivity index (χ0n) is 8.99. The minimum absolute atomic E-state index is 0.388. The van der Waals surface area contributed by atoms with Crippen molar-refractivity contribution < 1.29 is 0 Å². The van der Waals surface area contributed by atoms with E-state index in [-0.39, 0.29) is 0 Å². The van der Waals surface area contributed by atoms with Crippen LogP contribution in [0.3, 0.4) is 0 Å². The van der Waals surface area contributed by atoms with E-state index in [4.69, 9.17) is 5.73 Å². The molecule has 0 radical (unpaired) electrons. The fourth-order valence-electron chi connectivity index (χ4n) is 1.40. The highest BCUT2D eigenvalue weighted by Gasteiger charge is 2.05. The van der Waals surface area contributed by atoms with Gasteiger partial charge in [0.05, 0.1) is 18.1 Å². The molecule has 0 fully saturated rings. The highest BCUT2D eigenvalue weighted by atomic mass is 15.1. The highest BCUT2D eigenvalue weighted by Crippen LogP contribution is 2.09. The number of nitrogens with one attached hydrogen (secondary N) is 1. The highest BCUT2D eigenvalue weighted by molar-refractivity contribution is 5.36. The fourth-order valence-corrected chi connectivity index (χ4v) is 1.40. The van der Waals surface area contributed by atoms with Gasteiger partial charge in [-0.2, -0.15) is 0 Å². The minimum Gasteiger partial charge on any atom is -0.396 e. The number of hydrogen-bond donors (Lipinski definition) is 2. The van der Waals surface area contributed by atoms with Crippen molar-refractivity contribution in [1.82, 2.24) is 9.97 Å². The number of hydrogen-bond acceptors (Lipinski definition) is 4. The summed E-state index contributed by atoms with van der Waals surface area (Å²) in [5.41, 5.74) is 6.08. The van der Waals surface area contributed by atoms with Gasteiger partial charge in [0, 0.05) is 6.04 Å². The van der Waals surface area contributed by atoms with Gasteiger partial charge in [0.25, 0.3) is 0 Å². The van der Waals surface area contributed by atoms with Crippen molar-refractivity contribution in [3.8, 4) is 0 Å². The van der Waals surface area contributed by atoms with Gasteiger partial charge in [-0.05, 0) is 19.3 Å². The Balaban J connectivity index is 2.47. The van der Waals surface area contributed by atoms with E-state index in [1.165, 1.54) is 0 Å². The Bertz CT molecular complexity index is 268. The van der Waals surface area contributed by atoms with Crippen LogP contribution in [0.5, 0.6) is 0 Å². The first kappa shape index (κ1) is 10.8. The van der Waals surface area contributed by atoms with Crippen molar-refractivity contribution >= 4 is 11.6 Å². The molecule has 3 N–H and O–H groups in total. The van der Waals surface area contributed by atoms with Gasteiger partial charge < -0.3 is 11.1 Å². The summed E-state index contributed by atoms with van der Waals surface area (Å²) >= 11 is 0. The van der Waals surface area contributed by atoms with E-state index < -0.39 is 0 Å². The van der Waals surface area contributed by atoms with Crippen molar-refractivity contribution in [3.05, 3.63) is 12.4 Å². The van der Waals surface area contributed by atoms with Crippen molar-refractivity contribution in [2.75, 3.05) is 11.1 Å². The molecule has 78 valence electrons. The molecular weight excluding hydrogens is 176 g/mol. The number of rotatable bonds is 4. The fraction of sp³-hybridized carbons (Fsp3) is 0.600. The van der Waals surface area contributed by atoms with Crippen LogP contribution in [-0.4, -0.2) is 16.0 Å². The minimum atomic E-state index is 0.388. The molecular formula is C10H18N4. The summed E-state index contributed by atoms with van der Waals surface area (Å²) in [4.78, 5) is 8.16. The first-order valence-electron chi connectivity index (χ1n) is 4.92. The Morgan fingerprint density at radius 2 is 1.86 bits per heavy atom. The molecule has 0 aliphatic rings. The van der Waals surface area contributed by atoms with Crippen LogP contribution in [0.25, 0.3) is 0 Å². The topological polar surface area (TPSA) is 63.8 Å². The molecule has 0 saturated heterocycles. The average molecular weight is 194 g/mol. The maximum atomic E-state index is 5.49. The summed E-state index contributed by atoms with van der Waals surface area (Å²) in [6.45, 7) is 6.52. The van der Waals surface area contributed by atoms with Gasteiger partial charge in [0.1, 0.15) is 0 Å². The number of nitrogens with zero attached hydrogens (tertiary/aromatic N) is 2. The summed E-state index contributed by atoms with van der Waals surface area (Å²) < 4.78 is 0.